The molecule has 0 aliphatic carbocycles. The van der Waals surface area contributed by atoms with E-state index in [1.165, 1.54) is 0 Å². The van der Waals surface area contributed by atoms with Crippen LogP contribution in [0, 0.1) is 0 Å². The Bertz CT molecular complexity index is 683. The van der Waals surface area contributed by atoms with Crippen LogP contribution >= 0.6 is 0 Å². The molecule has 160 valence electrons. The van der Waals surface area contributed by atoms with E-state index in [9.17, 15) is 9.90 Å². The average Bonchev–Trinajstić information content (AvgIpc) is 2.74. The number of aliphatic imine (C=N–C) groups is 1. The summed E-state index contributed by atoms with van der Waals surface area (Å²) in [5, 5.41) is 13.0. The summed E-state index contributed by atoms with van der Waals surface area (Å²) in [7, 11) is 0. The van der Waals surface area contributed by atoms with E-state index in [-0.39, 0.29) is 5.91 Å². The van der Waals surface area contributed by atoms with Crippen molar-refractivity contribution < 1.29 is 14.6 Å². The number of ether oxygens (including phenoxy) is 1. The van der Waals surface area contributed by atoms with Gasteiger partial charge < -0.3 is 25.0 Å². The molecule has 0 bridgehead atoms. The van der Waals surface area contributed by atoms with Gasteiger partial charge in [0.1, 0.15) is 5.75 Å². The first-order valence-electron chi connectivity index (χ1n) is 10.5. The summed E-state index contributed by atoms with van der Waals surface area (Å²) in [6, 6.07) is 7.33. The van der Waals surface area contributed by atoms with E-state index < -0.39 is 0 Å². The first kappa shape index (κ1) is 21.4. The van der Waals surface area contributed by atoms with E-state index in [0.29, 0.717) is 45.1 Å². The molecule has 1 amide bonds. The van der Waals surface area contributed by atoms with E-state index in [1.807, 2.05) is 17.0 Å². The fourth-order valence-electron chi connectivity index (χ4n) is 3.65. The number of hydrogen-bond acceptors (Lipinski definition) is 5. The van der Waals surface area contributed by atoms with E-state index in [4.69, 9.17) is 9.73 Å². The van der Waals surface area contributed by atoms with Crippen molar-refractivity contribution in [1.82, 2.24) is 20.0 Å². The maximum atomic E-state index is 12.4. The van der Waals surface area contributed by atoms with E-state index in [0.717, 1.165) is 50.7 Å². The molecule has 3 rings (SSSR count). The number of carbonyl (C=O) groups is 1. The maximum absolute atomic E-state index is 12.4. The standard InChI is InChI=1S/C21H33N5O3/c1-2-22-21(23-7-6-18-4-3-5-19(27)16-18)26-10-8-24(9-11-26)17-20(28)25-12-14-29-15-13-25/h3-5,16,27H,2,6-15,17H2,1H3,(H,22,23). The smallest absolute Gasteiger partial charge is 0.236 e. The van der Waals surface area contributed by atoms with Gasteiger partial charge in [-0.05, 0) is 31.0 Å². The first-order valence-corrected chi connectivity index (χ1v) is 10.5. The van der Waals surface area contributed by atoms with Gasteiger partial charge >= 0.3 is 0 Å². The number of phenols is 1. The molecule has 0 saturated carbocycles. The molecule has 2 aliphatic heterocycles. The van der Waals surface area contributed by atoms with Crippen LogP contribution in [0.4, 0.5) is 0 Å². The third-order valence-corrected chi connectivity index (χ3v) is 5.30. The molecule has 1 aromatic carbocycles. The van der Waals surface area contributed by atoms with Crippen molar-refractivity contribution in [1.29, 1.82) is 0 Å². The summed E-state index contributed by atoms with van der Waals surface area (Å²) in [6.45, 7) is 10.2. The van der Waals surface area contributed by atoms with Gasteiger partial charge in [-0.25, -0.2) is 0 Å². The Balaban J connectivity index is 1.46. The van der Waals surface area contributed by atoms with Crippen LogP contribution in [-0.2, 0) is 16.0 Å². The second-order valence-corrected chi connectivity index (χ2v) is 7.41. The Kier molecular flexibility index (Phi) is 8.13. The molecule has 0 unspecified atom stereocenters. The summed E-state index contributed by atoms with van der Waals surface area (Å²) in [4.78, 5) is 23.6. The lowest BCUT2D eigenvalue weighted by molar-refractivity contribution is -0.136. The lowest BCUT2D eigenvalue weighted by atomic mass is 10.1. The largest absolute Gasteiger partial charge is 0.508 e. The number of phenolic OH excluding ortho intramolecular Hbond substituents is 1. The van der Waals surface area contributed by atoms with Crippen molar-refractivity contribution in [2.45, 2.75) is 13.3 Å². The number of nitrogens with zero attached hydrogens (tertiary/aromatic N) is 4. The van der Waals surface area contributed by atoms with Crippen LogP contribution in [0.15, 0.2) is 29.3 Å². The van der Waals surface area contributed by atoms with Crippen LogP contribution in [0.3, 0.4) is 0 Å². The third-order valence-electron chi connectivity index (χ3n) is 5.30. The van der Waals surface area contributed by atoms with Crippen molar-refractivity contribution in [2.75, 3.05) is 72.1 Å². The normalized spacial score (nSPS) is 18.7. The highest BCUT2D eigenvalue weighted by Gasteiger charge is 2.24. The fraction of sp³-hybridized carbons (Fsp3) is 0.619. The van der Waals surface area contributed by atoms with Crippen LogP contribution < -0.4 is 5.32 Å². The molecule has 8 heteroatoms. The van der Waals surface area contributed by atoms with Gasteiger partial charge in [0.15, 0.2) is 5.96 Å². The van der Waals surface area contributed by atoms with E-state index in [2.05, 4.69) is 22.0 Å². The predicted octanol–water partition coefficient (Wildman–Crippen LogP) is 0.377. The molecule has 0 radical (unpaired) electrons. The van der Waals surface area contributed by atoms with Crippen LogP contribution in [0.2, 0.25) is 0 Å². The molecule has 2 fully saturated rings. The van der Waals surface area contributed by atoms with Crippen molar-refractivity contribution in [2.24, 2.45) is 4.99 Å². The Morgan fingerprint density at radius 2 is 1.90 bits per heavy atom. The fourth-order valence-corrected chi connectivity index (χ4v) is 3.65. The predicted molar refractivity (Wildman–Crippen MR) is 113 cm³/mol. The van der Waals surface area contributed by atoms with E-state index in [1.54, 1.807) is 12.1 Å². The van der Waals surface area contributed by atoms with Gasteiger partial charge in [-0.15, -0.1) is 0 Å². The van der Waals surface area contributed by atoms with Gasteiger partial charge in [-0.3, -0.25) is 14.7 Å². The lowest BCUT2D eigenvalue weighted by Gasteiger charge is -2.37. The molecular formula is C21H33N5O3. The zero-order valence-electron chi connectivity index (χ0n) is 17.3. The number of amides is 1. The number of guanidine groups is 1. The first-order chi connectivity index (χ1) is 14.2. The highest BCUT2D eigenvalue weighted by Crippen LogP contribution is 2.11. The number of carbonyl (C=O) groups excluding carboxylic acids is 1. The lowest BCUT2D eigenvalue weighted by Crippen LogP contribution is -2.55. The molecule has 29 heavy (non-hydrogen) atoms. The summed E-state index contributed by atoms with van der Waals surface area (Å²) >= 11 is 0. The molecule has 2 heterocycles. The number of piperazine rings is 1. The van der Waals surface area contributed by atoms with Crippen molar-refractivity contribution in [3.63, 3.8) is 0 Å². The molecule has 8 nitrogen and oxygen atoms in total. The van der Waals surface area contributed by atoms with E-state index >= 15 is 0 Å². The number of morpholine rings is 1. The molecule has 2 saturated heterocycles. The highest BCUT2D eigenvalue weighted by atomic mass is 16.5. The van der Waals surface area contributed by atoms with Gasteiger partial charge in [0.05, 0.1) is 19.8 Å². The minimum absolute atomic E-state index is 0.202. The van der Waals surface area contributed by atoms with Crippen LogP contribution in [0.5, 0.6) is 5.75 Å². The zero-order valence-corrected chi connectivity index (χ0v) is 17.3. The minimum atomic E-state index is 0.202. The van der Waals surface area contributed by atoms with Crippen molar-refractivity contribution >= 4 is 11.9 Å². The molecule has 0 spiro atoms. The Morgan fingerprint density at radius 1 is 1.14 bits per heavy atom. The third kappa shape index (κ3) is 6.61. The number of hydrogen-bond donors (Lipinski definition) is 2. The Labute approximate surface area is 173 Å². The summed E-state index contributed by atoms with van der Waals surface area (Å²) < 4.78 is 5.32. The summed E-state index contributed by atoms with van der Waals surface area (Å²) in [5.41, 5.74) is 1.08. The molecule has 2 N–H and O–H groups in total. The molecule has 0 aromatic heterocycles. The van der Waals surface area contributed by atoms with Crippen molar-refractivity contribution in [3.8, 4) is 5.75 Å². The monoisotopic (exact) mass is 403 g/mol. The highest BCUT2D eigenvalue weighted by molar-refractivity contribution is 5.80. The minimum Gasteiger partial charge on any atom is -0.508 e. The van der Waals surface area contributed by atoms with Gasteiger partial charge in [0.25, 0.3) is 0 Å². The van der Waals surface area contributed by atoms with Crippen LogP contribution in [-0.4, -0.2) is 104 Å². The van der Waals surface area contributed by atoms with Crippen LogP contribution in [0.1, 0.15) is 12.5 Å². The molecule has 1 aromatic rings. The number of rotatable bonds is 6. The molecule has 2 aliphatic rings. The van der Waals surface area contributed by atoms with Gasteiger partial charge in [0.2, 0.25) is 5.91 Å². The Hall–Kier alpha value is -2.32. The molecular weight excluding hydrogens is 370 g/mol. The topological polar surface area (TPSA) is 80.6 Å². The number of nitrogens with one attached hydrogen (secondary N) is 1. The maximum Gasteiger partial charge on any atom is 0.236 e. The second kappa shape index (κ2) is 11.0. The van der Waals surface area contributed by atoms with Crippen molar-refractivity contribution in [3.05, 3.63) is 29.8 Å². The zero-order chi connectivity index (χ0) is 20.5. The summed E-state index contributed by atoms with van der Waals surface area (Å²) in [5.74, 6) is 1.42. The van der Waals surface area contributed by atoms with Crippen LogP contribution in [0.25, 0.3) is 0 Å². The molecule has 0 atom stereocenters. The number of benzene rings is 1. The SMILES string of the molecule is CCNC(=NCCc1cccc(O)c1)N1CCN(CC(=O)N2CCOCC2)CC1. The average molecular weight is 404 g/mol. The summed E-state index contributed by atoms with van der Waals surface area (Å²) in [6.07, 6.45) is 0.789. The number of aromatic hydroxyl groups is 1. The van der Waals surface area contributed by atoms with Gasteiger partial charge in [-0.1, -0.05) is 12.1 Å². The van der Waals surface area contributed by atoms with Gasteiger partial charge in [0, 0.05) is 52.4 Å². The quantitative estimate of drug-likeness (QED) is 0.528. The Morgan fingerprint density at radius 3 is 2.59 bits per heavy atom. The second-order valence-electron chi connectivity index (χ2n) is 7.41. The van der Waals surface area contributed by atoms with Gasteiger partial charge in [-0.2, -0.15) is 0 Å².